The maximum absolute atomic E-state index is 12.7. The molecule has 0 aliphatic carbocycles. The zero-order valence-corrected chi connectivity index (χ0v) is 15.5. The van der Waals surface area contributed by atoms with E-state index >= 15 is 0 Å². The zero-order chi connectivity index (χ0) is 19.7. The van der Waals surface area contributed by atoms with Crippen molar-refractivity contribution in [1.82, 2.24) is 4.57 Å². The number of esters is 1. The molecule has 0 fully saturated rings. The number of aromatic nitrogens is 1. The fourth-order valence-corrected chi connectivity index (χ4v) is 3.40. The van der Waals surface area contributed by atoms with E-state index in [2.05, 4.69) is 6.07 Å². The van der Waals surface area contributed by atoms with Crippen LogP contribution in [0.15, 0.2) is 59.6 Å². The van der Waals surface area contributed by atoms with E-state index in [1.807, 2.05) is 18.2 Å². The van der Waals surface area contributed by atoms with Crippen molar-refractivity contribution in [3.8, 4) is 17.6 Å². The van der Waals surface area contributed by atoms with Gasteiger partial charge in [-0.1, -0.05) is 6.07 Å². The summed E-state index contributed by atoms with van der Waals surface area (Å²) in [5, 5.41) is 9.97. The van der Waals surface area contributed by atoms with Crippen molar-refractivity contribution in [2.75, 3.05) is 13.4 Å². The summed E-state index contributed by atoms with van der Waals surface area (Å²) in [7, 11) is 0. The minimum absolute atomic E-state index is 0.141. The number of hydrogen-bond acceptors (Lipinski definition) is 6. The van der Waals surface area contributed by atoms with Crippen LogP contribution in [-0.2, 0) is 14.3 Å². The van der Waals surface area contributed by atoms with E-state index in [-0.39, 0.29) is 13.4 Å². The van der Waals surface area contributed by atoms with E-state index in [1.165, 1.54) is 0 Å². The lowest BCUT2D eigenvalue weighted by Crippen LogP contribution is -2.24. The number of allylic oxidation sites excluding steroid dienone is 2. The number of fused-ring (bicyclic) bond motifs is 1. The molecule has 2 aliphatic heterocycles. The lowest BCUT2D eigenvalue weighted by atomic mass is 9.83. The van der Waals surface area contributed by atoms with Crippen LogP contribution < -0.4 is 9.47 Å². The highest BCUT2D eigenvalue weighted by Crippen LogP contribution is 2.44. The Morgan fingerprint density at radius 3 is 2.75 bits per heavy atom. The van der Waals surface area contributed by atoms with Gasteiger partial charge in [-0.3, -0.25) is 4.57 Å². The number of benzene rings is 1. The van der Waals surface area contributed by atoms with Crippen LogP contribution >= 0.6 is 0 Å². The van der Waals surface area contributed by atoms with Crippen molar-refractivity contribution in [1.29, 1.82) is 5.26 Å². The van der Waals surface area contributed by atoms with Gasteiger partial charge in [-0.25, -0.2) is 4.79 Å². The lowest BCUT2D eigenvalue weighted by molar-refractivity contribution is -0.139. The molecule has 4 rings (SSSR count). The topological polar surface area (TPSA) is 82.7 Å². The molecular weight excluding hydrogens is 360 g/mol. The van der Waals surface area contributed by atoms with Crippen molar-refractivity contribution in [3.63, 3.8) is 0 Å². The van der Waals surface area contributed by atoms with Gasteiger partial charge < -0.3 is 18.9 Å². The van der Waals surface area contributed by atoms with Gasteiger partial charge in [0.25, 0.3) is 0 Å². The molecule has 0 N–H and O–H groups in total. The SMILES string of the molecule is CCOC(=O)C1=C(C)OC(n2cccc2)=C(C#N)[C@H]1c1ccc2c(c1)OCO2. The van der Waals surface area contributed by atoms with Crippen molar-refractivity contribution < 1.29 is 23.7 Å². The van der Waals surface area contributed by atoms with Crippen LogP contribution in [0.5, 0.6) is 11.5 Å². The molecule has 3 heterocycles. The van der Waals surface area contributed by atoms with Crippen molar-refractivity contribution in [2.45, 2.75) is 19.8 Å². The number of carbonyl (C=O) groups excluding carboxylic acids is 1. The van der Waals surface area contributed by atoms with Gasteiger partial charge in [-0.05, 0) is 43.7 Å². The van der Waals surface area contributed by atoms with Gasteiger partial charge in [0.05, 0.1) is 18.1 Å². The highest BCUT2D eigenvalue weighted by molar-refractivity contribution is 5.93. The highest BCUT2D eigenvalue weighted by atomic mass is 16.7. The Balaban J connectivity index is 1.90. The van der Waals surface area contributed by atoms with Crippen LogP contribution in [0.2, 0.25) is 0 Å². The maximum atomic E-state index is 12.7. The Labute approximate surface area is 162 Å². The average molecular weight is 378 g/mol. The van der Waals surface area contributed by atoms with Crippen molar-refractivity contribution in [3.05, 3.63) is 65.2 Å². The molecule has 1 atom stereocenters. The summed E-state index contributed by atoms with van der Waals surface area (Å²) in [6, 6.07) is 11.3. The molecule has 0 unspecified atom stereocenters. The number of ether oxygens (including phenoxy) is 4. The minimum Gasteiger partial charge on any atom is -0.463 e. The number of carbonyl (C=O) groups is 1. The van der Waals surface area contributed by atoms with Crippen LogP contribution in [0.4, 0.5) is 0 Å². The Morgan fingerprint density at radius 2 is 2.04 bits per heavy atom. The third-order valence-electron chi connectivity index (χ3n) is 4.62. The molecule has 0 spiro atoms. The number of nitriles is 1. The number of hydrogen-bond donors (Lipinski definition) is 0. The molecule has 2 aliphatic rings. The molecule has 7 heteroatoms. The lowest BCUT2D eigenvalue weighted by Gasteiger charge is -2.28. The summed E-state index contributed by atoms with van der Waals surface area (Å²) >= 11 is 0. The van der Waals surface area contributed by atoms with Gasteiger partial charge in [0.1, 0.15) is 17.4 Å². The smallest absolute Gasteiger partial charge is 0.338 e. The monoisotopic (exact) mass is 378 g/mol. The standard InChI is InChI=1S/C21H18N2O5/c1-3-25-21(24)18-13(2)28-20(23-8-4-5-9-23)15(11-22)19(18)14-6-7-16-17(10-14)27-12-26-16/h4-10,19H,3,12H2,1-2H3/t19-/m1/s1. The summed E-state index contributed by atoms with van der Waals surface area (Å²) in [5.74, 6) is 0.795. The molecule has 0 radical (unpaired) electrons. The van der Waals surface area contributed by atoms with E-state index < -0.39 is 11.9 Å². The van der Waals surface area contributed by atoms with Crippen LogP contribution in [-0.4, -0.2) is 23.9 Å². The summed E-state index contributed by atoms with van der Waals surface area (Å²) in [4.78, 5) is 12.7. The van der Waals surface area contributed by atoms with Crippen molar-refractivity contribution >= 4 is 11.9 Å². The summed E-state index contributed by atoms with van der Waals surface area (Å²) in [5.41, 5.74) is 1.33. The van der Waals surface area contributed by atoms with Gasteiger partial charge in [0.2, 0.25) is 12.7 Å². The first-order chi connectivity index (χ1) is 13.6. The molecule has 1 aromatic carbocycles. The van der Waals surface area contributed by atoms with Crippen molar-refractivity contribution in [2.24, 2.45) is 0 Å². The Morgan fingerprint density at radius 1 is 1.29 bits per heavy atom. The molecule has 2 aromatic rings. The Hall–Kier alpha value is -3.66. The molecule has 7 nitrogen and oxygen atoms in total. The Kier molecular flexibility index (Phi) is 4.53. The molecule has 0 saturated carbocycles. The number of rotatable bonds is 4. The van der Waals surface area contributed by atoms with E-state index in [0.29, 0.717) is 34.3 Å². The molecule has 0 bridgehead atoms. The number of nitrogens with zero attached hydrogens (tertiary/aromatic N) is 2. The van der Waals surface area contributed by atoms with Gasteiger partial charge in [0.15, 0.2) is 11.5 Å². The van der Waals surface area contributed by atoms with E-state index in [0.717, 1.165) is 5.56 Å². The highest BCUT2D eigenvalue weighted by Gasteiger charge is 2.38. The second kappa shape index (κ2) is 7.16. The summed E-state index contributed by atoms with van der Waals surface area (Å²) in [6.07, 6.45) is 3.57. The summed E-state index contributed by atoms with van der Waals surface area (Å²) in [6.45, 7) is 3.80. The molecule has 0 saturated heterocycles. The van der Waals surface area contributed by atoms with Crippen LogP contribution in [0.1, 0.15) is 25.3 Å². The molecule has 0 amide bonds. The fraction of sp³-hybridized carbons (Fsp3) is 0.238. The van der Waals surface area contributed by atoms with Gasteiger partial charge in [-0.2, -0.15) is 5.26 Å². The molecule has 28 heavy (non-hydrogen) atoms. The quantitative estimate of drug-likeness (QED) is 0.757. The van der Waals surface area contributed by atoms with E-state index in [1.54, 1.807) is 42.9 Å². The average Bonchev–Trinajstić information content (AvgIpc) is 3.38. The molecular formula is C21H18N2O5. The third-order valence-corrected chi connectivity index (χ3v) is 4.62. The predicted octanol–water partition coefficient (Wildman–Crippen LogP) is 3.56. The second-order valence-electron chi connectivity index (χ2n) is 6.26. The van der Waals surface area contributed by atoms with Crippen LogP contribution in [0, 0.1) is 11.3 Å². The normalized spacial score (nSPS) is 18.0. The fourth-order valence-electron chi connectivity index (χ4n) is 3.40. The first kappa shape index (κ1) is 17.7. The summed E-state index contributed by atoms with van der Waals surface area (Å²) < 4.78 is 23.7. The molecule has 1 aromatic heterocycles. The first-order valence-corrected chi connectivity index (χ1v) is 8.87. The third kappa shape index (κ3) is 2.89. The van der Waals surface area contributed by atoms with E-state index in [4.69, 9.17) is 18.9 Å². The van der Waals surface area contributed by atoms with Gasteiger partial charge in [-0.15, -0.1) is 0 Å². The van der Waals surface area contributed by atoms with E-state index in [9.17, 15) is 10.1 Å². The van der Waals surface area contributed by atoms with Crippen LogP contribution in [0.3, 0.4) is 0 Å². The maximum Gasteiger partial charge on any atom is 0.338 e. The largest absolute Gasteiger partial charge is 0.463 e. The second-order valence-corrected chi connectivity index (χ2v) is 6.26. The van der Waals surface area contributed by atoms with Crippen LogP contribution in [0.25, 0.3) is 5.88 Å². The predicted molar refractivity (Wildman–Crippen MR) is 99.0 cm³/mol. The first-order valence-electron chi connectivity index (χ1n) is 8.87. The Bertz CT molecular complexity index is 1030. The van der Waals surface area contributed by atoms with Gasteiger partial charge >= 0.3 is 5.97 Å². The minimum atomic E-state index is -0.648. The molecule has 142 valence electrons. The zero-order valence-electron chi connectivity index (χ0n) is 15.5. The van der Waals surface area contributed by atoms with Gasteiger partial charge in [0, 0.05) is 12.4 Å².